The Hall–Kier alpha value is -5.51. The van der Waals surface area contributed by atoms with E-state index in [-0.39, 0.29) is 17.8 Å². The number of amides is 3. The van der Waals surface area contributed by atoms with Crippen molar-refractivity contribution in [1.82, 2.24) is 0 Å². The number of fused-ring (bicyclic) bond motifs is 1. The number of amidine groups is 1. The van der Waals surface area contributed by atoms with Crippen LogP contribution in [0.15, 0.2) is 91.0 Å². The van der Waals surface area contributed by atoms with E-state index in [1.807, 2.05) is 37.3 Å². The first-order valence-electron chi connectivity index (χ1n) is 13.0. The first-order valence-corrected chi connectivity index (χ1v) is 13.0. The molecule has 0 bridgehead atoms. The van der Waals surface area contributed by atoms with Crippen LogP contribution in [-0.2, 0) is 0 Å². The molecule has 0 fully saturated rings. The molecule has 208 valence electrons. The van der Waals surface area contributed by atoms with E-state index in [1.54, 1.807) is 60.7 Å². The SMILES string of the molecule is CC(Nc1ccccc1NC(=O)Nc1ccc(C(=N)N)cc1)c1ccc(C(=O)Nc2ccc3c(c2)OCCO3)cc1. The smallest absolute Gasteiger partial charge is 0.323 e. The molecule has 1 unspecified atom stereocenters. The molecule has 10 nitrogen and oxygen atoms in total. The highest BCUT2D eigenvalue weighted by Gasteiger charge is 2.15. The summed E-state index contributed by atoms with van der Waals surface area (Å²) < 4.78 is 11.1. The molecule has 0 radical (unpaired) electrons. The number of rotatable bonds is 8. The Balaban J connectivity index is 1.19. The molecule has 0 saturated heterocycles. The summed E-state index contributed by atoms with van der Waals surface area (Å²) in [5.41, 5.74) is 10.1. The number of carbonyl (C=O) groups is 2. The van der Waals surface area contributed by atoms with E-state index in [2.05, 4.69) is 21.3 Å². The minimum absolute atomic E-state index is 0.0374. The van der Waals surface area contributed by atoms with Gasteiger partial charge in [-0.15, -0.1) is 0 Å². The van der Waals surface area contributed by atoms with Crippen LogP contribution in [0, 0.1) is 5.41 Å². The molecule has 41 heavy (non-hydrogen) atoms. The van der Waals surface area contributed by atoms with Gasteiger partial charge in [-0.05, 0) is 73.2 Å². The molecular formula is C31H30N6O4. The van der Waals surface area contributed by atoms with E-state index < -0.39 is 6.03 Å². The molecule has 4 aromatic rings. The second kappa shape index (κ2) is 12.1. The second-order valence-corrected chi connectivity index (χ2v) is 9.42. The summed E-state index contributed by atoms with van der Waals surface area (Å²) >= 11 is 0. The zero-order chi connectivity index (χ0) is 28.8. The molecule has 0 aliphatic carbocycles. The van der Waals surface area contributed by atoms with Crippen molar-refractivity contribution in [3.05, 3.63) is 108 Å². The van der Waals surface area contributed by atoms with Gasteiger partial charge >= 0.3 is 6.03 Å². The Morgan fingerprint density at radius 3 is 2.10 bits per heavy atom. The quantitative estimate of drug-likeness (QED) is 0.120. The maximum absolute atomic E-state index is 12.8. The van der Waals surface area contributed by atoms with Crippen molar-refractivity contribution in [2.24, 2.45) is 5.73 Å². The number of para-hydroxylation sites is 2. The highest BCUT2D eigenvalue weighted by molar-refractivity contribution is 6.04. The molecule has 0 aromatic heterocycles. The van der Waals surface area contributed by atoms with E-state index in [9.17, 15) is 9.59 Å². The van der Waals surface area contributed by atoms with E-state index in [1.165, 1.54) is 0 Å². The summed E-state index contributed by atoms with van der Waals surface area (Å²) in [5.74, 6) is 1.01. The fraction of sp³-hybridized carbons (Fsp3) is 0.129. The monoisotopic (exact) mass is 550 g/mol. The average Bonchev–Trinajstić information content (AvgIpc) is 2.98. The molecule has 0 saturated carbocycles. The molecule has 0 spiro atoms. The Kier molecular flexibility index (Phi) is 8.00. The van der Waals surface area contributed by atoms with Gasteiger partial charge in [-0.3, -0.25) is 10.2 Å². The Morgan fingerprint density at radius 1 is 0.756 bits per heavy atom. The first kappa shape index (κ1) is 27.1. The van der Waals surface area contributed by atoms with Crippen LogP contribution in [0.3, 0.4) is 0 Å². The van der Waals surface area contributed by atoms with Gasteiger partial charge in [-0.25, -0.2) is 4.79 Å². The summed E-state index contributed by atoms with van der Waals surface area (Å²) in [5, 5.41) is 19.5. The van der Waals surface area contributed by atoms with Crippen LogP contribution < -0.4 is 36.5 Å². The minimum Gasteiger partial charge on any atom is -0.486 e. The minimum atomic E-state index is -0.407. The average molecular weight is 551 g/mol. The molecule has 4 aromatic carbocycles. The van der Waals surface area contributed by atoms with Crippen LogP contribution in [0.1, 0.15) is 34.5 Å². The molecule has 1 aliphatic heterocycles. The fourth-order valence-electron chi connectivity index (χ4n) is 4.30. The highest BCUT2D eigenvalue weighted by Crippen LogP contribution is 2.33. The predicted octanol–water partition coefficient (Wildman–Crippen LogP) is 5.81. The normalized spacial score (nSPS) is 12.5. The first-order chi connectivity index (χ1) is 19.9. The number of nitrogen functional groups attached to an aromatic ring is 1. The fourth-order valence-corrected chi connectivity index (χ4v) is 4.30. The standard InChI is InChI=1S/C31H30N6O4/c1-19(20-6-8-22(9-7-20)30(38)35-24-14-15-27-28(18-24)41-17-16-40-27)34-25-4-2-3-5-26(25)37-31(39)36-23-12-10-21(11-13-23)29(32)33/h2-15,18-19,34H,16-17H2,1H3,(H3,32,33)(H,35,38)(H2,36,37,39). The number of benzene rings is 4. The van der Waals surface area contributed by atoms with Crippen LogP contribution in [0.4, 0.5) is 27.5 Å². The maximum atomic E-state index is 12.8. The summed E-state index contributed by atoms with van der Waals surface area (Å²) in [4.78, 5) is 25.5. The van der Waals surface area contributed by atoms with Gasteiger partial charge in [0.15, 0.2) is 11.5 Å². The largest absolute Gasteiger partial charge is 0.486 e. The van der Waals surface area contributed by atoms with E-state index >= 15 is 0 Å². The number of nitrogens with one attached hydrogen (secondary N) is 5. The van der Waals surface area contributed by atoms with E-state index in [0.717, 1.165) is 11.3 Å². The molecule has 5 rings (SSSR count). The van der Waals surface area contributed by atoms with Gasteiger partial charge in [0.25, 0.3) is 5.91 Å². The molecule has 1 atom stereocenters. The van der Waals surface area contributed by atoms with Crippen LogP contribution in [0.2, 0.25) is 0 Å². The van der Waals surface area contributed by atoms with Gasteiger partial charge in [0, 0.05) is 34.6 Å². The third kappa shape index (κ3) is 6.74. The third-order valence-electron chi connectivity index (χ3n) is 6.47. The van der Waals surface area contributed by atoms with Crippen molar-refractivity contribution >= 4 is 40.5 Å². The van der Waals surface area contributed by atoms with E-state index in [4.69, 9.17) is 20.6 Å². The van der Waals surface area contributed by atoms with Crippen molar-refractivity contribution < 1.29 is 19.1 Å². The van der Waals surface area contributed by atoms with Gasteiger partial charge in [0.05, 0.1) is 11.4 Å². The Labute approximate surface area is 237 Å². The number of hydrogen-bond acceptors (Lipinski definition) is 6. The summed E-state index contributed by atoms with van der Waals surface area (Å²) in [6, 6.07) is 26.2. The summed E-state index contributed by atoms with van der Waals surface area (Å²) in [6.45, 7) is 2.98. The van der Waals surface area contributed by atoms with Crippen molar-refractivity contribution in [3.8, 4) is 11.5 Å². The van der Waals surface area contributed by atoms with Crippen molar-refractivity contribution in [3.63, 3.8) is 0 Å². The van der Waals surface area contributed by atoms with Crippen LogP contribution >= 0.6 is 0 Å². The summed E-state index contributed by atoms with van der Waals surface area (Å²) in [6.07, 6.45) is 0. The molecule has 3 amide bonds. The third-order valence-corrected chi connectivity index (χ3v) is 6.47. The lowest BCUT2D eigenvalue weighted by molar-refractivity contribution is 0.102. The van der Waals surface area contributed by atoms with Gasteiger partial charge in [0.1, 0.15) is 19.0 Å². The number of urea groups is 1. The topological polar surface area (TPSA) is 151 Å². The van der Waals surface area contributed by atoms with Crippen LogP contribution in [0.25, 0.3) is 0 Å². The number of nitrogens with two attached hydrogens (primary N) is 1. The molecule has 1 aliphatic rings. The van der Waals surface area contributed by atoms with Gasteiger partial charge < -0.3 is 36.5 Å². The van der Waals surface area contributed by atoms with Gasteiger partial charge in [0.2, 0.25) is 0 Å². The molecule has 7 N–H and O–H groups in total. The lowest BCUT2D eigenvalue weighted by atomic mass is 10.0. The van der Waals surface area contributed by atoms with Crippen molar-refractivity contribution in [1.29, 1.82) is 5.41 Å². The lowest BCUT2D eigenvalue weighted by Gasteiger charge is -2.20. The lowest BCUT2D eigenvalue weighted by Crippen LogP contribution is -2.21. The van der Waals surface area contributed by atoms with E-state index in [0.29, 0.717) is 52.9 Å². The highest BCUT2D eigenvalue weighted by atomic mass is 16.6. The Bertz CT molecular complexity index is 1570. The zero-order valence-corrected chi connectivity index (χ0v) is 22.4. The van der Waals surface area contributed by atoms with Crippen LogP contribution in [0.5, 0.6) is 11.5 Å². The number of anilines is 4. The predicted molar refractivity (Wildman–Crippen MR) is 160 cm³/mol. The molecular weight excluding hydrogens is 520 g/mol. The summed E-state index contributed by atoms with van der Waals surface area (Å²) in [7, 11) is 0. The number of ether oxygens (including phenoxy) is 2. The number of hydrogen-bond donors (Lipinski definition) is 6. The Morgan fingerprint density at radius 2 is 1.39 bits per heavy atom. The van der Waals surface area contributed by atoms with Crippen LogP contribution in [-0.4, -0.2) is 31.0 Å². The number of carbonyl (C=O) groups excluding carboxylic acids is 2. The van der Waals surface area contributed by atoms with Gasteiger partial charge in [-0.1, -0.05) is 24.3 Å². The zero-order valence-electron chi connectivity index (χ0n) is 22.4. The van der Waals surface area contributed by atoms with Gasteiger partial charge in [-0.2, -0.15) is 0 Å². The second-order valence-electron chi connectivity index (χ2n) is 9.42. The molecule has 1 heterocycles. The molecule has 10 heteroatoms. The van der Waals surface area contributed by atoms with Crippen molar-refractivity contribution in [2.45, 2.75) is 13.0 Å². The van der Waals surface area contributed by atoms with Crippen molar-refractivity contribution in [2.75, 3.05) is 34.5 Å². The maximum Gasteiger partial charge on any atom is 0.323 e.